The van der Waals surface area contributed by atoms with Crippen molar-refractivity contribution in [3.8, 4) is 5.75 Å². The number of nitrogens with zero attached hydrogens (tertiary/aromatic N) is 1. The number of aliphatic hydroxyl groups is 2. The maximum absolute atomic E-state index is 13.6. The van der Waals surface area contributed by atoms with Crippen molar-refractivity contribution >= 4 is 11.7 Å². The fourth-order valence-electron chi connectivity index (χ4n) is 3.99. The van der Waals surface area contributed by atoms with Gasteiger partial charge in [0.2, 0.25) is 5.91 Å². The summed E-state index contributed by atoms with van der Waals surface area (Å²) in [5, 5.41) is 30.2. The van der Waals surface area contributed by atoms with Crippen LogP contribution < -0.4 is 0 Å². The molecule has 3 aromatic rings. The van der Waals surface area contributed by atoms with E-state index < -0.39 is 17.6 Å². The quantitative estimate of drug-likeness (QED) is 0.414. The van der Waals surface area contributed by atoms with E-state index in [4.69, 9.17) is 0 Å². The van der Waals surface area contributed by atoms with Gasteiger partial charge in [0.25, 0.3) is 0 Å². The molecule has 0 bridgehead atoms. The first kappa shape index (κ1) is 26.1. The lowest BCUT2D eigenvalue weighted by Crippen LogP contribution is -2.49. The summed E-state index contributed by atoms with van der Waals surface area (Å²) in [4.78, 5) is 28.2. The van der Waals surface area contributed by atoms with Crippen molar-refractivity contribution in [1.82, 2.24) is 4.90 Å². The van der Waals surface area contributed by atoms with E-state index in [1.165, 1.54) is 12.1 Å². The fourth-order valence-corrected chi connectivity index (χ4v) is 3.99. The average molecular weight is 476 g/mol. The lowest BCUT2D eigenvalue weighted by atomic mass is 9.92. The van der Waals surface area contributed by atoms with E-state index in [0.29, 0.717) is 27.8 Å². The monoisotopic (exact) mass is 475 g/mol. The van der Waals surface area contributed by atoms with Crippen LogP contribution in [-0.4, -0.2) is 44.0 Å². The summed E-state index contributed by atoms with van der Waals surface area (Å²) in [5.41, 5.74) is 2.03. The van der Waals surface area contributed by atoms with Gasteiger partial charge in [0, 0.05) is 22.2 Å². The number of ketones is 1. The van der Waals surface area contributed by atoms with Gasteiger partial charge in [-0.15, -0.1) is 0 Å². The van der Waals surface area contributed by atoms with Gasteiger partial charge in [-0.3, -0.25) is 9.59 Å². The molecule has 6 nitrogen and oxygen atoms in total. The lowest BCUT2D eigenvalue weighted by molar-refractivity contribution is -0.139. The number of aromatic hydroxyl groups is 1. The molecule has 6 heteroatoms. The number of carbonyl (C=O) groups excluding carboxylic acids is 2. The Hall–Kier alpha value is -3.48. The largest absolute Gasteiger partial charge is 0.508 e. The zero-order chi connectivity index (χ0) is 25.8. The number of carbonyl (C=O) groups is 2. The van der Waals surface area contributed by atoms with Crippen molar-refractivity contribution < 1.29 is 24.9 Å². The highest BCUT2D eigenvalue weighted by molar-refractivity contribution is 6.09. The summed E-state index contributed by atoms with van der Waals surface area (Å²) in [7, 11) is 0. The van der Waals surface area contributed by atoms with Gasteiger partial charge in [-0.1, -0.05) is 54.6 Å². The summed E-state index contributed by atoms with van der Waals surface area (Å²) in [6.07, 6.45) is -1.01. The van der Waals surface area contributed by atoms with E-state index in [9.17, 15) is 24.9 Å². The molecule has 3 N–H and O–H groups in total. The van der Waals surface area contributed by atoms with Gasteiger partial charge in [-0.25, -0.2) is 0 Å². The Morgan fingerprint density at radius 1 is 0.886 bits per heavy atom. The molecule has 0 aromatic heterocycles. The van der Waals surface area contributed by atoms with E-state index in [1.807, 2.05) is 45.0 Å². The van der Waals surface area contributed by atoms with Crippen LogP contribution in [-0.2, 0) is 11.4 Å². The van der Waals surface area contributed by atoms with Gasteiger partial charge >= 0.3 is 0 Å². The normalized spacial score (nSPS) is 13.2. The second-order valence-corrected chi connectivity index (χ2v) is 9.72. The molecule has 0 saturated heterocycles. The molecule has 0 radical (unpaired) electrons. The Morgan fingerprint density at radius 2 is 1.54 bits per heavy atom. The molecular formula is C29H33NO5. The predicted octanol–water partition coefficient (Wildman–Crippen LogP) is 4.58. The van der Waals surface area contributed by atoms with Gasteiger partial charge < -0.3 is 20.2 Å². The van der Waals surface area contributed by atoms with Gasteiger partial charge in [0.05, 0.1) is 25.2 Å². The van der Waals surface area contributed by atoms with E-state index in [1.54, 1.807) is 48.2 Å². The van der Waals surface area contributed by atoms with Gasteiger partial charge in [-0.05, 0) is 57.0 Å². The van der Waals surface area contributed by atoms with Crippen molar-refractivity contribution in [2.75, 3.05) is 6.54 Å². The number of hydrogen-bond donors (Lipinski definition) is 3. The van der Waals surface area contributed by atoms with Crippen LogP contribution in [0.25, 0.3) is 0 Å². The molecule has 0 aliphatic heterocycles. The molecule has 0 aliphatic carbocycles. The summed E-state index contributed by atoms with van der Waals surface area (Å²) in [6, 6.07) is 20.6. The molecule has 3 aromatic carbocycles. The molecule has 1 amide bonds. The van der Waals surface area contributed by atoms with Crippen LogP contribution >= 0.6 is 0 Å². The number of benzene rings is 3. The highest BCUT2D eigenvalue weighted by atomic mass is 16.3. The minimum atomic E-state index is -1.01. The Bertz CT molecular complexity index is 1180. The van der Waals surface area contributed by atoms with E-state index in [0.717, 1.165) is 0 Å². The lowest BCUT2D eigenvalue weighted by Gasteiger charge is -2.39. The van der Waals surface area contributed by atoms with Crippen LogP contribution in [0.3, 0.4) is 0 Å². The van der Waals surface area contributed by atoms with Crippen LogP contribution in [0.4, 0.5) is 0 Å². The predicted molar refractivity (Wildman–Crippen MR) is 135 cm³/mol. The first-order chi connectivity index (χ1) is 16.5. The van der Waals surface area contributed by atoms with Crippen molar-refractivity contribution in [2.24, 2.45) is 0 Å². The van der Waals surface area contributed by atoms with Gasteiger partial charge in [-0.2, -0.15) is 0 Å². The van der Waals surface area contributed by atoms with E-state index in [2.05, 4.69) is 0 Å². The molecule has 3 rings (SSSR count). The highest BCUT2D eigenvalue weighted by Crippen LogP contribution is 2.29. The zero-order valence-electron chi connectivity index (χ0n) is 20.6. The SMILES string of the molecule is C[C@H](C(=O)N(C[C@@H](O)c1ccc(O)c(CO)c1)C(C)(C)C)c1cccc(C(=O)c2ccccc2)c1. The summed E-state index contributed by atoms with van der Waals surface area (Å²) in [5.74, 6) is -0.882. The number of β-amino-alcohol motifs (C(OH)–C–C–N with tert-alkyl or cyclic N) is 1. The van der Waals surface area contributed by atoms with Crippen LogP contribution in [0.5, 0.6) is 5.75 Å². The third kappa shape index (κ3) is 6.15. The average Bonchev–Trinajstić information content (AvgIpc) is 2.86. The Labute approximate surface area is 206 Å². The molecule has 2 atom stereocenters. The first-order valence-electron chi connectivity index (χ1n) is 11.6. The van der Waals surface area contributed by atoms with Crippen molar-refractivity contribution in [1.29, 1.82) is 0 Å². The van der Waals surface area contributed by atoms with Gasteiger partial charge in [0.1, 0.15) is 5.75 Å². The maximum Gasteiger partial charge on any atom is 0.230 e. The summed E-state index contributed by atoms with van der Waals surface area (Å²) >= 11 is 0. The van der Waals surface area contributed by atoms with Crippen molar-refractivity contribution in [3.05, 3.63) is 101 Å². The van der Waals surface area contributed by atoms with Crippen molar-refractivity contribution in [3.63, 3.8) is 0 Å². The van der Waals surface area contributed by atoms with Crippen LogP contribution in [0.15, 0.2) is 72.8 Å². The highest BCUT2D eigenvalue weighted by Gasteiger charge is 2.32. The molecule has 0 saturated carbocycles. The standard InChI is InChI=1S/C29H33NO5/c1-19(21-11-8-12-23(15-21)27(34)20-9-6-5-7-10-20)28(35)30(29(2,3)4)17-26(33)22-13-14-25(32)24(16-22)18-31/h5-16,19,26,31-33H,17-18H2,1-4H3/t19-,26+/m0/s1. The molecule has 184 valence electrons. The minimum absolute atomic E-state index is 0.0327. The first-order valence-corrected chi connectivity index (χ1v) is 11.6. The Balaban J connectivity index is 1.85. The molecule has 0 spiro atoms. The van der Waals surface area contributed by atoms with Crippen molar-refractivity contribution in [2.45, 2.75) is 51.9 Å². The molecule has 0 unspecified atom stereocenters. The third-order valence-corrected chi connectivity index (χ3v) is 6.15. The number of amides is 1. The summed E-state index contributed by atoms with van der Waals surface area (Å²) < 4.78 is 0. The van der Waals surface area contributed by atoms with Gasteiger partial charge in [0.15, 0.2) is 5.78 Å². The van der Waals surface area contributed by atoms with Crippen LogP contribution in [0.2, 0.25) is 0 Å². The zero-order valence-corrected chi connectivity index (χ0v) is 20.6. The van der Waals surface area contributed by atoms with E-state index >= 15 is 0 Å². The smallest absolute Gasteiger partial charge is 0.230 e. The number of phenols is 1. The van der Waals surface area contributed by atoms with Crippen LogP contribution in [0.1, 0.15) is 72.3 Å². The molecule has 0 heterocycles. The number of rotatable bonds is 8. The molecule has 0 aliphatic rings. The second kappa shape index (κ2) is 10.8. The second-order valence-electron chi connectivity index (χ2n) is 9.72. The van der Waals surface area contributed by atoms with Crippen LogP contribution in [0, 0.1) is 0 Å². The summed E-state index contributed by atoms with van der Waals surface area (Å²) in [6.45, 7) is 7.17. The minimum Gasteiger partial charge on any atom is -0.508 e. The third-order valence-electron chi connectivity index (χ3n) is 6.15. The Kier molecular flexibility index (Phi) is 8.10. The van der Waals surface area contributed by atoms with E-state index in [-0.39, 0.29) is 30.6 Å². The fraction of sp³-hybridized carbons (Fsp3) is 0.310. The maximum atomic E-state index is 13.6. The molecule has 35 heavy (non-hydrogen) atoms. The molecule has 0 fully saturated rings. The topological polar surface area (TPSA) is 98.1 Å². The number of hydrogen-bond acceptors (Lipinski definition) is 5. The Morgan fingerprint density at radius 3 is 2.17 bits per heavy atom. The number of aliphatic hydroxyl groups excluding tert-OH is 2. The molecular weight excluding hydrogens is 442 g/mol.